The summed E-state index contributed by atoms with van der Waals surface area (Å²) in [6.45, 7) is 6.60. The summed E-state index contributed by atoms with van der Waals surface area (Å²) >= 11 is 0. The first-order valence-corrected chi connectivity index (χ1v) is 42.2. The van der Waals surface area contributed by atoms with Crippen LogP contribution in [0.1, 0.15) is 124 Å². The first-order valence-electron chi connectivity index (χ1n) is 40.0. The van der Waals surface area contributed by atoms with Crippen LogP contribution < -0.4 is 42.5 Å². The molecule has 2 aromatic rings. The molecule has 2 aromatic carbocycles. The molecule has 0 saturated carbocycles. The lowest BCUT2D eigenvalue weighted by molar-refractivity contribution is -0.142. The topological polar surface area (TPSA) is 466 Å². The van der Waals surface area contributed by atoms with Crippen molar-refractivity contribution in [3.63, 3.8) is 0 Å². The summed E-state index contributed by atoms with van der Waals surface area (Å²) in [4.78, 5) is 218. The lowest BCUT2D eigenvalue weighted by atomic mass is 10.2. The Morgan fingerprint density at radius 1 is 0.233 bits per heavy atom. The fourth-order valence-electron chi connectivity index (χ4n) is 11.1. The first kappa shape index (κ1) is 106. The van der Waals surface area contributed by atoms with Crippen molar-refractivity contribution in [1.82, 2.24) is 76.8 Å². The smallest absolute Gasteiger partial charge is 0.306 e. The van der Waals surface area contributed by atoms with Crippen LogP contribution in [-0.2, 0) is 105 Å². The van der Waals surface area contributed by atoms with Crippen LogP contribution in [0.2, 0.25) is 0 Å². The van der Waals surface area contributed by atoms with Crippen molar-refractivity contribution in [2.45, 2.75) is 113 Å². The average Bonchev–Trinajstić information content (AvgIpc) is 0.875. The van der Waals surface area contributed by atoms with Crippen LogP contribution in [0.25, 0.3) is 0 Å². The molecule has 0 aromatic heterocycles. The van der Waals surface area contributed by atoms with Crippen LogP contribution in [-0.4, -0.2) is 363 Å². The van der Waals surface area contributed by atoms with E-state index in [1.807, 2.05) is 55.7 Å². The lowest BCUT2D eigenvalue weighted by Gasteiger charge is -2.25. The van der Waals surface area contributed by atoms with E-state index in [0.717, 1.165) is 16.2 Å². The second-order valence-corrected chi connectivity index (χ2v) is 29.5. The van der Waals surface area contributed by atoms with Crippen molar-refractivity contribution >= 4 is 117 Å². The lowest BCUT2D eigenvalue weighted by Crippen LogP contribution is -2.44. The van der Waals surface area contributed by atoms with Crippen LogP contribution in [0.4, 0.5) is 0 Å². The highest BCUT2D eigenvalue weighted by atomic mass is 33.1. The molecule has 2 rings (SSSR count). The molecular formula is C79H127N15O24S2. The molecule has 8 N–H and O–H groups in total. The predicted molar refractivity (Wildman–Crippen MR) is 444 cm³/mol. The Bertz CT molecular complexity index is 3090. The molecule has 41 heteroatoms. The molecule has 0 fully saturated rings. The fourth-order valence-corrected chi connectivity index (χ4v) is 13.1. The number of nitrogens with one attached hydrogen (secondary N) is 8. The van der Waals surface area contributed by atoms with Gasteiger partial charge in [0.15, 0.2) is 0 Å². The number of benzene rings is 2. The van der Waals surface area contributed by atoms with Crippen molar-refractivity contribution in [3.8, 4) is 0 Å². The van der Waals surface area contributed by atoms with E-state index in [1.165, 1.54) is 78.5 Å². The summed E-state index contributed by atoms with van der Waals surface area (Å²) in [6, 6.07) is 14.2. The van der Waals surface area contributed by atoms with E-state index in [1.54, 1.807) is 34.1 Å². The zero-order chi connectivity index (χ0) is 88.7. The van der Waals surface area contributed by atoms with Gasteiger partial charge in [0, 0.05) is 223 Å². The third-order valence-corrected chi connectivity index (χ3v) is 20.9. The molecule has 8 amide bonds. The molecule has 0 spiro atoms. The Kier molecular flexibility index (Phi) is 58.7. The third-order valence-electron chi connectivity index (χ3n) is 18.5. The van der Waals surface area contributed by atoms with Crippen molar-refractivity contribution in [2.75, 3.05) is 234 Å². The molecule has 0 bridgehead atoms. The van der Waals surface area contributed by atoms with Gasteiger partial charge in [-0.3, -0.25) is 86.5 Å². The van der Waals surface area contributed by atoms with Gasteiger partial charge in [-0.25, -0.2) is 0 Å². The van der Waals surface area contributed by atoms with Gasteiger partial charge in [0.2, 0.25) is 35.4 Å². The Morgan fingerprint density at radius 3 is 0.625 bits per heavy atom. The SMILES string of the molecule is CCCNC(=O)c1ccc(SSc2ccc(C(=O)NCCN(CCC(=O)NCN(CCC(=O)NCCN(CCC(=O)OC)CCC(=O)OC)CCC(=O)NCCN(CCC(=O)OC)CCC(=O)OC)CCC(=O)NCN(CCC(=O)NCCN(CCC(=O)OC)CCC(=O)OC)CCC(=O)NCCN(CCC(=O)OC)CCC(=O)OC)cc2)cc1. The molecule has 0 aliphatic rings. The van der Waals surface area contributed by atoms with Crippen molar-refractivity contribution in [2.24, 2.45) is 0 Å². The Labute approximate surface area is 711 Å². The summed E-state index contributed by atoms with van der Waals surface area (Å²) in [5.74, 6) is -6.56. The van der Waals surface area contributed by atoms with Gasteiger partial charge in [-0.15, -0.1) is 0 Å². The fraction of sp³-hybridized carbons (Fsp3) is 0.646. The van der Waals surface area contributed by atoms with E-state index in [-0.39, 0.29) is 296 Å². The van der Waals surface area contributed by atoms with Gasteiger partial charge >= 0.3 is 47.8 Å². The minimum absolute atomic E-state index is 0.0401. The molecule has 0 radical (unpaired) electrons. The van der Waals surface area contributed by atoms with Crippen LogP contribution in [0.5, 0.6) is 0 Å². The molecular weight excluding hydrogens is 1610 g/mol. The standard InChI is InChI=1S/C79H127N15O24S2/c1-10-33-84-78(109)60-11-15-62(16-12-60)119-120-63-17-13-61(14-18-63)79(110)85-38-57-88(39-19-68(99)86-58-93(41-21-64(95)80-34-53-89(45-25-70(101)111-2)46-26-71(102)112-3)42-22-65(96)81-35-54-90(47-27-72(103)113-4)48-28-73(104)114-5)40-20-69(100)87-59-94(43-23-66(97)82-36-55-91(49-29-74(105)115-6)50-30-75(106)116-7)44-24-67(98)83-37-56-92(51-31-76(107)117-8)52-32-77(108)118-9/h11-18H,10,19-59H2,1-9H3,(H,80,95)(H,81,96)(H,82,97)(H,83,98)(H,84,109)(H,85,110)(H,86,99)(H,87,100). The van der Waals surface area contributed by atoms with Gasteiger partial charge in [-0.1, -0.05) is 28.5 Å². The second kappa shape index (κ2) is 66.1. The van der Waals surface area contributed by atoms with Crippen LogP contribution >= 0.6 is 21.6 Å². The van der Waals surface area contributed by atoms with Crippen LogP contribution in [0.3, 0.4) is 0 Å². The van der Waals surface area contributed by atoms with Gasteiger partial charge in [0.05, 0.1) is 122 Å². The minimum atomic E-state index is -0.455. The molecule has 0 atom stereocenters. The Morgan fingerprint density at radius 2 is 0.417 bits per heavy atom. The van der Waals surface area contributed by atoms with E-state index < -0.39 is 59.6 Å². The number of ether oxygens (including phenoxy) is 8. The third kappa shape index (κ3) is 53.1. The molecule has 0 aliphatic heterocycles. The van der Waals surface area contributed by atoms with Crippen molar-refractivity contribution in [1.29, 1.82) is 0 Å². The predicted octanol–water partition coefficient (Wildman–Crippen LogP) is -0.0728. The Hall–Kier alpha value is -9.62. The summed E-state index contributed by atoms with van der Waals surface area (Å²) in [5, 5.41) is 23.0. The summed E-state index contributed by atoms with van der Waals surface area (Å²) < 4.78 is 38.2. The number of methoxy groups -OCH3 is 8. The zero-order valence-electron chi connectivity index (χ0n) is 71.1. The number of hydrogen-bond acceptors (Lipinski definition) is 33. The van der Waals surface area contributed by atoms with Gasteiger partial charge in [0.1, 0.15) is 0 Å². The van der Waals surface area contributed by atoms with E-state index in [9.17, 15) is 76.7 Å². The number of nitrogens with zero attached hydrogens (tertiary/aromatic N) is 7. The highest BCUT2D eigenvalue weighted by molar-refractivity contribution is 8.76. The number of carbonyl (C=O) groups excluding carboxylic acids is 16. The maximum atomic E-state index is 14.0. The summed E-state index contributed by atoms with van der Waals surface area (Å²) in [7, 11) is 13.1. The highest BCUT2D eigenvalue weighted by Crippen LogP contribution is 2.37. The van der Waals surface area contributed by atoms with E-state index in [0.29, 0.717) is 17.7 Å². The van der Waals surface area contributed by atoms with Crippen molar-refractivity contribution < 1.29 is 115 Å². The monoisotopic (exact) mass is 1730 g/mol. The molecule has 39 nitrogen and oxygen atoms in total. The summed E-state index contributed by atoms with van der Waals surface area (Å²) in [5.41, 5.74) is 0.920. The van der Waals surface area contributed by atoms with Gasteiger partial charge in [-0.2, -0.15) is 0 Å². The zero-order valence-corrected chi connectivity index (χ0v) is 72.7. The summed E-state index contributed by atoms with van der Waals surface area (Å²) in [6.07, 6.45) is 0.578. The first-order chi connectivity index (χ1) is 57.7. The molecule has 0 unspecified atom stereocenters. The highest BCUT2D eigenvalue weighted by Gasteiger charge is 2.22. The van der Waals surface area contributed by atoms with E-state index >= 15 is 0 Å². The maximum absolute atomic E-state index is 14.0. The number of hydrogen-bond donors (Lipinski definition) is 8. The molecule has 674 valence electrons. The van der Waals surface area contributed by atoms with E-state index in [4.69, 9.17) is 37.9 Å². The normalized spacial score (nSPS) is 11.1. The van der Waals surface area contributed by atoms with Gasteiger partial charge < -0.3 is 105 Å². The second-order valence-electron chi connectivity index (χ2n) is 27.2. The number of carbonyl (C=O) groups is 16. The van der Waals surface area contributed by atoms with Crippen LogP contribution in [0, 0.1) is 0 Å². The van der Waals surface area contributed by atoms with Crippen molar-refractivity contribution in [3.05, 3.63) is 59.7 Å². The number of amides is 8. The van der Waals surface area contributed by atoms with E-state index in [2.05, 4.69) is 42.5 Å². The quantitative estimate of drug-likeness (QED) is 0.0186. The van der Waals surface area contributed by atoms with Gasteiger partial charge in [0.25, 0.3) is 11.8 Å². The molecule has 0 saturated heterocycles. The maximum Gasteiger partial charge on any atom is 0.306 e. The average molecular weight is 1740 g/mol. The minimum Gasteiger partial charge on any atom is -0.469 e. The van der Waals surface area contributed by atoms with Crippen LogP contribution in [0.15, 0.2) is 58.3 Å². The molecule has 0 heterocycles. The number of esters is 8. The number of rotatable bonds is 68. The molecule has 120 heavy (non-hydrogen) atoms. The largest absolute Gasteiger partial charge is 0.469 e. The van der Waals surface area contributed by atoms with Gasteiger partial charge in [-0.05, 0) is 55.0 Å². The molecule has 0 aliphatic carbocycles. The Balaban J connectivity index is 2.43.